The summed E-state index contributed by atoms with van der Waals surface area (Å²) in [5.74, 6) is 0.411. The van der Waals surface area contributed by atoms with Crippen molar-refractivity contribution < 1.29 is 9.53 Å². The van der Waals surface area contributed by atoms with Crippen LogP contribution in [0.5, 0.6) is 0 Å². The molecule has 132 valence electrons. The van der Waals surface area contributed by atoms with Gasteiger partial charge in [0.25, 0.3) is 5.56 Å². The molecule has 2 fully saturated rings. The fourth-order valence-corrected chi connectivity index (χ4v) is 3.40. The Hall–Kier alpha value is -1.89. The molecule has 1 aromatic rings. The van der Waals surface area contributed by atoms with Gasteiger partial charge in [-0.05, 0) is 38.5 Å². The van der Waals surface area contributed by atoms with Crippen molar-refractivity contribution in [1.29, 1.82) is 0 Å². The van der Waals surface area contributed by atoms with Gasteiger partial charge in [0.2, 0.25) is 0 Å². The Morgan fingerprint density at radius 3 is 2.88 bits per heavy atom. The first-order chi connectivity index (χ1) is 11.6. The van der Waals surface area contributed by atoms with Crippen molar-refractivity contribution in [2.45, 2.75) is 45.3 Å². The summed E-state index contributed by atoms with van der Waals surface area (Å²) in [7, 11) is 0. The Bertz CT molecular complexity index is 617. The molecule has 24 heavy (non-hydrogen) atoms. The molecule has 2 saturated heterocycles. The number of aryl methyl sites for hydroxylation is 1. The number of amides is 2. The van der Waals surface area contributed by atoms with E-state index in [9.17, 15) is 9.59 Å². The van der Waals surface area contributed by atoms with E-state index < -0.39 is 0 Å². The normalized spacial score (nSPS) is 21.9. The van der Waals surface area contributed by atoms with E-state index in [0.717, 1.165) is 45.4 Å². The molecule has 0 aliphatic carbocycles. The summed E-state index contributed by atoms with van der Waals surface area (Å²) in [6, 6.07) is -0.00154. The van der Waals surface area contributed by atoms with Gasteiger partial charge in [-0.15, -0.1) is 0 Å². The Morgan fingerprint density at radius 1 is 1.38 bits per heavy atom. The molecule has 0 aromatic carbocycles. The average molecular weight is 334 g/mol. The number of piperidine rings is 1. The van der Waals surface area contributed by atoms with Crippen LogP contribution in [-0.2, 0) is 11.3 Å². The highest BCUT2D eigenvalue weighted by molar-refractivity contribution is 5.74. The van der Waals surface area contributed by atoms with E-state index in [4.69, 9.17) is 4.74 Å². The van der Waals surface area contributed by atoms with Gasteiger partial charge in [0.15, 0.2) is 0 Å². The van der Waals surface area contributed by atoms with Gasteiger partial charge in [-0.1, -0.05) is 0 Å². The first-order valence-corrected chi connectivity index (χ1v) is 8.79. The maximum atomic E-state index is 12.2. The number of aromatic nitrogens is 2. The van der Waals surface area contributed by atoms with Crippen molar-refractivity contribution >= 4 is 6.03 Å². The average Bonchev–Trinajstić information content (AvgIpc) is 3.11. The van der Waals surface area contributed by atoms with Crippen molar-refractivity contribution in [3.8, 4) is 0 Å². The molecule has 2 amide bonds. The summed E-state index contributed by atoms with van der Waals surface area (Å²) in [6.07, 6.45) is 7.31. The van der Waals surface area contributed by atoms with Gasteiger partial charge in [-0.3, -0.25) is 9.36 Å². The molecule has 2 aliphatic rings. The maximum absolute atomic E-state index is 12.2. The number of rotatable bonds is 4. The Labute approximate surface area is 142 Å². The zero-order chi connectivity index (χ0) is 16.9. The van der Waals surface area contributed by atoms with E-state index in [-0.39, 0.29) is 17.7 Å². The second kappa shape index (κ2) is 7.79. The van der Waals surface area contributed by atoms with Gasteiger partial charge < -0.3 is 15.0 Å². The monoisotopic (exact) mass is 334 g/mol. The number of urea groups is 1. The van der Waals surface area contributed by atoms with Crippen LogP contribution in [-0.4, -0.2) is 52.8 Å². The molecule has 0 saturated carbocycles. The van der Waals surface area contributed by atoms with Crippen LogP contribution in [0.25, 0.3) is 0 Å². The molecular weight excluding hydrogens is 308 g/mol. The largest absolute Gasteiger partial charge is 0.376 e. The van der Waals surface area contributed by atoms with E-state index in [1.807, 2.05) is 4.90 Å². The number of nitrogens with zero attached hydrogens (tertiary/aromatic N) is 3. The molecule has 3 rings (SSSR count). The molecule has 1 N–H and O–H groups in total. The van der Waals surface area contributed by atoms with Crippen LogP contribution in [0, 0.1) is 12.8 Å². The lowest BCUT2D eigenvalue weighted by Crippen LogP contribution is -2.46. The van der Waals surface area contributed by atoms with Crippen LogP contribution in [0.2, 0.25) is 0 Å². The SMILES string of the molecule is Cc1cncn(CC2CCN(C(=O)NCC3CCCO3)CC2)c1=O. The van der Waals surface area contributed by atoms with Crippen molar-refractivity contribution in [3.05, 3.63) is 28.4 Å². The highest BCUT2D eigenvalue weighted by atomic mass is 16.5. The lowest BCUT2D eigenvalue weighted by Gasteiger charge is -2.32. The predicted molar refractivity (Wildman–Crippen MR) is 89.9 cm³/mol. The predicted octanol–water partition coefficient (Wildman–Crippen LogP) is 1.15. The van der Waals surface area contributed by atoms with Crippen LogP contribution >= 0.6 is 0 Å². The van der Waals surface area contributed by atoms with Crippen LogP contribution < -0.4 is 10.9 Å². The molecule has 0 radical (unpaired) electrons. The van der Waals surface area contributed by atoms with Crippen LogP contribution in [0.4, 0.5) is 4.79 Å². The number of hydrogen-bond donors (Lipinski definition) is 1. The second-order valence-corrected chi connectivity index (χ2v) is 6.79. The fourth-order valence-electron chi connectivity index (χ4n) is 3.40. The zero-order valence-corrected chi connectivity index (χ0v) is 14.2. The topological polar surface area (TPSA) is 76.5 Å². The molecule has 0 bridgehead atoms. The number of carbonyl (C=O) groups is 1. The minimum atomic E-state index is -0.00154. The first kappa shape index (κ1) is 17.0. The van der Waals surface area contributed by atoms with Gasteiger partial charge in [-0.2, -0.15) is 0 Å². The lowest BCUT2D eigenvalue weighted by atomic mass is 9.97. The van der Waals surface area contributed by atoms with Crippen molar-refractivity contribution in [1.82, 2.24) is 19.8 Å². The second-order valence-electron chi connectivity index (χ2n) is 6.79. The van der Waals surface area contributed by atoms with E-state index >= 15 is 0 Å². The lowest BCUT2D eigenvalue weighted by molar-refractivity contribution is 0.107. The molecular formula is C17H26N4O3. The molecule has 7 nitrogen and oxygen atoms in total. The fraction of sp³-hybridized carbons (Fsp3) is 0.706. The summed E-state index contributed by atoms with van der Waals surface area (Å²) in [6.45, 7) is 5.33. The molecule has 2 aliphatic heterocycles. The standard InChI is InChI=1S/C17H26N4O3/c1-13-9-18-12-21(16(13)22)11-14-4-6-20(7-5-14)17(23)19-10-15-3-2-8-24-15/h9,12,14-15H,2-8,10-11H2,1H3,(H,19,23). The Kier molecular flexibility index (Phi) is 5.50. The minimum Gasteiger partial charge on any atom is -0.376 e. The van der Waals surface area contributed by atoms with E-state index in [0.29, 0.717) is 24.6 Å². The van der Waals surface area contributed by atoms with Crippen LogP contribution in [0.1, 0.15) is 31.2 Å². The summed E-state index contributed by atoms with van der Waals surface area (Å²) in [5.41, 5.74) is 0.699. The van der Waals surface area contributed by atoms with Gasteiger partial charge >= 0.3 is 6.03 Å². The maximum Gasteiger partial charge on any atom is 0.317 e. The van der Waals surface area contributed by atoms with Gasteiger partial charge in [0, 0.05) is 44.5 Å². The third-order valence-corrected chi connectivity index (χ3v) is 4.93. The highest BCUT2D eigenvalue weighted by Gasteiger charge is 2.24. The van der Waals surface area contributed by atoms with Gasteiger partial charge in [0.1, 0.15) is 0 Å². The molecule has 3 heterocycles. The summed E-state index contributed by atoms with van der Waals surface area (Å²) >= 11 is 0. The van der Waals surface area contributed by atoms with E-state index in [1.165, 1.54) is 0 Å². The third kappa shape index (κ3) is 4.14. The molecule has 1 unspecified atom stereocenters. The Morgan fingerprint density at radius 2 is 2.17 bits per heavy atom. The first-order valence-electron chi connectivity index (χ1n) is 8.79. The van der Waals surface area contributed by atoms with E-state index in [2.05, 4.69) is 10.3 Å². The van der Waals surface area contributed by atoms with Crippen molar-refractivity contribution in [3.63, 3.8) is 0 Å². The molecule has 7 heteroatoms. The quantitative estimate of drug-likeness (QED) is 0.896. The van der Waals surface area contributed by atoms with Gasteiger partial charge in [0.05, 0.1) is 12.4 Å². The number of likely N-dealkylation sites (tertiary alicyclic amines) is 1. The number of carbonyl (C=O) groups excluding carboxylic acids is 1. The minimum absolute atomic E-state index is 0.00154. The zero-order valence-electron chi connectivity index (χ0n) is 14.2. The molecule has 0 spiro atoms. The smallest absolute Gasteiger partial charge is 0.317 e. The van der Waals surface area contributed by atoms with Crippen molar-refractivity contribution in [2.75, 3.05) is 26.2 Å². The number of nitrogens with one attached hydrogen (secondary N) is 1. The summed E-state index contributed by atoms with van der Waals surface area (Å²) < 4.78 is 7.21. The molecule has 1 aromatic heterocycles. The van der Waals surface area contributed by atoms with Crippen LogP contribution in [0.15, 0.2) is 17.3 Å². The summed E-state index contributed by atoms with van der Waals surface area (Å²) in [4.78, 5) is 30.2. The Balaban J connectivity index is 1.44. The number of hydrogen-bond acceptors (Lipinski definition) is 4. The van der Waals surface area contributed by atoms with Crippen LogP contribution in [0.3, 0.4) is 0 Å². The summed E-state index contributed by atoms with van der Waals surface area (Å²) in [5, 5.41) is 2.97. The number of ether oxygens (including phenoxy) is 1. The highest BCUT2D eigenvalue weighted by Crippen LogP contribution is 2.19. The third-order valence-electron chi connectivity index (χ3n) is 4.93. The van der Waals surface area contributed by atoms with Crippen molar-refractivity contribution in [2.24, 2.45) is 5.92 Å². The van der Waals surface area contributed by atoms with E-state index in [1.54, 1.807) is 24.0 Å². The molecule has 1 atom stereocenters. The van der Waals surface area contributed by atoms with Gasteiger partial charge in [-0.25, -0.2) is 9.78 Å².